The number of carbonyl (C=O) groups is 2. The molecular weight excluding hydrogens is 292 g/mol. The van der Waals surface area contributed by atoms with Crippen molar-refractivity contribution in [3.8, 4) is 0 Å². The van der Waals surface area contributed by atoms with E-state index >= 15 is 0 Å². The van der Waals surface area contributed by atoms with Gasteiger partial charge in [0.05, 0.1) is 12.2 Å². The van der Waals surface area contributed by atoms with Crippen LogP contribution in [-0.2, 0) is 9.53 Å². The zero-order valence-electron chi connectivity index (χ0n) is 13.6. The monoisotopic (exact) mass is 316 g/mol. The lowest BCUT2D eigenvalue weighted by atomic mass is 9.92. The first-order chi connectivity index (χ1) is 11.1. The molecule has 2 N–H and O–H groups in total. The van der Waals surface area contributed by atoms with Gasteiger partial charge >= 0.3 is 5.97 Å². The molecule has 1 saturated heterocycles. The minimum absolute atomic E-state index is 0.105. The highest BCUT2D eigenvalue weighted by atomic mass is 16.5. The quantitative estimate of drug-likeness (QED) is 0.819. The first-order valence-corrected chi connectivity index (χ1v) is 8.43. The SMILES string of the molecule is CCCOC(=O)c1ccc(NC(=O)C2CC23CCNCC3)cc1. The van der Waals surface area contributed by atoms with Crippen molar-refractivity contribution in [2.75, 3.05) is 25.0 Å². The maximum absolute atomic E-state index is 12.4. The lowest BCUT2D eigenvalue weighted by Crippen LogP contribution is -2.31. The molecule has 2 fully saturated rings. The van der Waals surface area contributed by atoms with Gasteiger partial charge in [-0.25, -0.2) is 4.79 Å². The molecule has 0 bridgehead atoms. The van der Waals surface area contributed by atoms with Crippen LogP contribution in [0, 0.1) is 11.3 Å². The van der Waals surface area contributed by atoms with E-state index in [1.54, 1.807) is 24.3 Å². The first-order valence-electron chi connectivity index (χ1n) is 8.43. The van der Waals surface area contributed by atoms with Gasteiger partial charge in [-0.2, -0.15) is 0 Å². The summed E-state index contributed by atoms with van der Waals surface area (Å²) in [6.45, 7) is 4.41. The third kappa shape index (κ3) is 3.55. The summed E-state index contributed by atoms with van der Waals surface area (Å²) in [5, 5.41) is 6.32. The second-order valence-electron chi connectivity index (χ2n) is 6.57. The summed E-state index contributed by atoms with van der Waals surface area (Å²) >= 11 is 0. The molecule has 1 aromatic rings. The average molecular weight is 316 g/mol. The molecule has 1 atom stereocenters. The molecule has 1 aromatic carbocycles. The number of benzene rings is 1. The van der Waals surface area contributed by atoms with Crippen molar-refractivity contribution in [1.82, 2.24) is 5.32 Å². The Morgan fingerprint density at radius 2 is 1.96 bits per heavy atom. The molecule has 23 heavy (non-hydrogen) atoms. The minimum atomic E-state index is -0.319. The number of esters is 1. The van der Waals surface area contributed by atoms with Gasteiger partial charge in [-0.15, -0.1) is 0 Å². The highest BCUT2D eigenvalue weighted by molar-refractivity contribution is 5.96. The van der Waals surface area contributed by atoms with Crippen LogP contribution in [0.4, 0.5) is 5.69 Å². The molecule has 0 aromatic heterocycles. The van der Waals surface area contributed by atoms with Crippen molar-refractivity contribution in [3.05, 3.63) is 29.8 Å². The number of hydrogen-bond acceptors (Lipinski definition) is 4. The molecule has 5 heteroatoms. The zero-order chi connectivity index (χ0) is 16.3. The van der Waals surface area contributed by atoms with Crippen molar-refractivity contribution in [1.29, 1.82) is 0 Å². The van der Waals surface area contributed by atoms with E-state index in [4.69, 9.17) is 4.74 Å². The van der Waals surface area contributed by atoms with Crippen LogP contribution in [0.1, 0.15) is 43.0 Å². The van der Waals surface area contributed by atoms with Gasteiger partial charge in [0.2, 0.25) is 5.91 Å². The standard InChI is InChI=1S/C18H24N2O3/c1-2-11-23-17(22)13-3-5-14(6-4-13)20-16(21)15-12-18(15)7-9-19-10-8-18/h3-6,15,19H,2,7-12H2,1H3,(H,20,21). The van der Waals surface area contributed by atoms with Crippen LogP contribution in [-0.4, -0.2) is 31.6 Å². The molecule has 124 valence electrons. The van der Waals surface area contributed by atoms with Crippen LogP contribution in [0.5, 0.6) is 0 Å². The number of anilines is 1. The van der Waals surface area contributed by atoms with Crippen LogP contribution >= 0.6 is 0 Å². The summed E-state index contributed by atoms with van der Waals surface area (Å²) in [6.07, 6.45) is 3.99. The van der Waals surface area contributed by atoms with E-state index in [1.807, 2.05) is 6.92 Å². The molecule has 1 unspecified atom stereocenters. The third-order valence-corrected chi connectivity index (χ3v) is 4.93. The van der Waals surface area contributed by atoms with E-state index in [2.05, 4.69) is 10.6 Å². The largest absolute Gasteiger partial charge is 0.462 e. The van der Waals surface area contributed by atoms with Crippen molar-refractivity contribution in [3.63, 3.8) is 0 Å². The smallest absolute Gasteiger partial charge is 0.338 e. The van der Waals surface area contributed by atoms with E-state index in [9.17, 15) is 9.59 Å². The molecule has 1 spiro atoms. The number of piperidine rings is 1. The highest BCUT2D eigenvalue weighted by Crippen LogP contribution is 2.58. The normalized spacial score (nSPS) is 21.7. The van der Waals surface area contributed by atoms with E-state index in [0.717, 1.165) is 44.5 Å². The summed E-state index contributed by atoms with van der Waals surface area (Å²) in [4.78, 5) is 24.1. The van der Waals surface area contributed by atoms with Gasteiger partial charge in [-0.3, -0.25) is 4.79 Å². The fraction of sp³-hybridized carbons (Fsp3) is 0.556. The lowest BCUT2D eigenvalue weighted by Gasteiger charge is -2.23. The number of nitrogens with one attached hydrogen (secondary N) is 2. The summed E-state index contributed by atoms with van der Waals surface area (Å²) in [5.41, 5.74) is 1.48. The fourth-order valence-corrected chi connectivity index (χ4v) is 3.39. The predicted molar refractivity (Wildman–Crippen MR) is 88.3 cm³/mol. The van der Waals surface area contributed by atoms with Gasteiger partial charge in [0.15, 0.2) is 0 Å². The highest BCUT2D eigenvalue weighted by Gasteiger charge is 2.57. The zero-order valence-corrected chi connectivity index (χ0v) is 13.6. The van der Waals surface area contributed by atoms with Gasteiger partial charge in [0.25, 0.3) is 0 Å². The van der Waals surface area contributed by atoms with E-state index in [0.29, 0.717) is 12.2 Å². The Morgan fingerprint density at radius 1 is 1.26 bits per heavy atom. The molecule has 0 radical (unpaired) electrons. The van der Waals surface area contributed by atoms with Crippen molar-refractivity contribution in [2.24, 2.45) is 11.3 Å². The molecule has 1 aliphatic carbocycles. The minimum Gasteiger partial charge on any atom is -0.462 e. The molecule has 1 aliphatic heterocycles. The second kappa shape index (κ2) is 6.71. The van der Waals surface area contributed by atoms with E-state index in [1.165, 1.54) is 0 Å². The number of carbonyl (C=O) groups excluding carboxylic acids is 2. The molecule has 2 aliphatic rings. The van der Waals surface area contributed by atoms with Crippen molar-refractivity contribution in [2.45, 2.75) is 32.6 Å². The molecular formula is C18H24N2O3. The van der Waals surface area contributed by atoms with Crippen LogP contribution in [0.15, 0.2) is 24.3 Å². The Labute approximate surface area is 136 Å². The summed E-state index contributed by atoms with van der Waals surface area (Å²) < 4.78 is 5.09. The van der Waals surface area contributed by atoms with Gasteiger partial charge in [0, 0.05) is 11.6 Å². The van der Waals surface area contributed by atoms with Gasteiger partial charge in [0.1, 0.15) is 0 Å². The van der Waals surface area contributed by atoms with Crippen molar-refractivity contribution >= 4 is 17.6 Å². The third-order valence-electron chi connectivity index (χ3n) is 4.93. The topological polar surface area (TPSA) is 67.4 Å². The second-order valence-corrected chi connectivity index (χ2v) is 6.57. The Bertz CT molecular complexity index is 576. The van der Waals surface area contributed by atoms with Gasteiger partial charge in [-0.05, 0) is 68.5 Å². The maximum atomic E-state index is 12.4. The number of ether oxygens (including phenoxy) is 1. The van der Waals surface area contributed by atoms with Crippen LogP contribution in [0.3, 0.4) is 0 Å². The lowest BCUT2D eigenvalue weighted by molar-refractivity contribution is -0.118. The molecule has 5 nitrogen and oxygen atoms in total. The first kappa shape index (κ1) is 16.0. The molecule has 1 amide bonds. The van der Waals surface area contributed by atoms with Crippen LogP contribution < -0.4 is 10.6 Å². The van der Waals surface area contributed by atoms with Crippen LogP contribution in [0.2, 0.25) is 0 Å². The Kier molecular flexibility index (Phi) is 4.66. The van der Waals surface area contributed by atoms with Gasteiger partial charge in [-0.1, -0.05) is 6.92 Å². The van der Waals surface area contributed by atoms with Crippen LogP contribution in [0.25, 0.3) is 0 Å². The fourth-order valence-electron chi connectivity index (χ4n) is 3.39. The molecule has 3 rings (SSSR count). The Balaban J connectivity index is 1.54. The molecule has 1 heterocycles. The Hall–Kier alpha value is -1.88. The number of hydrogen-bond donors (Lipinski definition) is 2. The summed E-state index contributed by atoms with van der Waals surface area (Å²) in [5.74, 6) is -0.0763. The van der Waals surface area contributed by atoms with E-state index < -0.39 is 0 Å². The van der Waals surface area contributed by atoms with Crippen molar-refractivity contribution < 1.29 is 14.3 Å². The Morgan fingerprint density at radius 3 is 2.61 bits per heavy atom. The summed E-state index contributed by atoms with van der Waals surface area (Å²) in [6, 6.07) is 6.91. The number of amides is 1. The molecule has 1 saturated carbocycles. The maximum Gasteiger partial charge on any atom is 0.338 e. The average Bonchev–Trinajstić information content (AvgIpc) is 3.27. The van der Waals surface area contributed by atoms with E-state index in [-0.39, 0.29) is 23.2 Å². The predicted octanol–water partition coefficient (Wildman–Crippen LogP) is 2.58. The van der Waals surface area contributed by atoms with Gasteiger partial charge < -0.3 is 15.4 Å². The number of rotatable bonds is 5. The summed E-state index contributed by atoms with van der Waals surface area (Å²) in [7, 11) is 0.